The lowest BCUT2D eigenvalue weighted by atomic mass is 9.92. The Hall–Kier alpha value is -6.52. The first-order valence-corrected chi connectivity index (χ1v) is 30.1. The van der Waals surface area contributed by atoms with E-state index in [4.69, 9.17) is 5.48 Å². The largest absolute Gasteiger partial charge is 0.212 e. The molecule has 0 aliphatic heterocycles. The Morgan fingerprint density at radius 1 is 0.329 bits per heavy atom. The molecule has 4 aliphatic rings. The number of hydrogen-bond acceptors (Lipinski definition) is 0. The molecule has 4 heterocycles. The van der Waals surface area contributed by atoms with E-state index in [2.05, 4.69) is 204 Å². The summed E-state index contributed by atoms with van der Waals surface area (Å²) < 4.78 is 41.4. The summed E-state index contributed by atoms with van der Waals surface area (Å²) in [6.07, 6.45) is 28.7. The van der Waals surface area contributed by atoms with Gasteiger partial charge >= 0.3 is 0 Å². The standard InChI is InChI=1S/3C19H24N.C18H22N/c2*1-14-8-4-7-11-17(14)19-12-18(15(2)13-20(19)3)16-9-5-6-10-16;1-14-8-4-7-11-17(14)19-12-15(2)18(13-20(19)3)16-9-5-6-10-16;1-14-7-3-6-10-17(14)18-12-11-16(13-19(18)2)15-8-4-5-9-15/h3*4,7-8,11-13,16H,5-6,9-10H2,1-3H3;3,6-7,10-13,15H,4-5,8-9H2,1-2H3/q4*+1/i2D3,16D;;;. The minimum atomic E-state index is -2.20. The van der Waals surface area contributed by atoms with E-state index in [1.807, 2.05) is 29.8 Å². The highest BCUT2D eigenvalue weighted by Gasteiger charge is 2.27. The van der Waals surface area contributed by atoms with E-state index in [9.17, 15) is 0 Å². The molecular formula is C75H94N4+4. The maximum Gasteiger partial charge on any atom is 0.212 e. The quantitative estimate of drug-likeness (QED) is 0.135. The van der Waals surface area contributed by atoms with Crippen molar-refractivity contribution in [3.63, 3.8) is 0 Å². The second kappa shape index (κ2) is 26.6. The van der Waals surface area contributed by atoms with E-state index in [0.717, 1.165) is 60.3 Å². The molecule has 4 aliphatic carbocycles. The molecule has 0 N–H and O–H groups in total. The van der Waals surface area contributed by atoms with Gasteiger partial charge in [0.1, 0.15) is 28.2 Å². The van der Waals surface area contributed by atoms with Crippen molar-refractivity contribution in [2.75, 3.05) is 0 Å². The zero-order valence-corrected chi connectivity index (χ0v) is 49.8. The number of benzene rings is 4. The topological polar surface area (TPSA) is 15.5 Å². The minimum absolute atomic E-state index is 0.319. The molecule has 0 bridgehead atoms. The summed E-state index contributed by atoms with van der Waals surface area (Å²) in [6, 6.07) is 45.4. The molecule has 0 radical (unpaired) electrons. The number of rotatable bonds is 8. The van der Waals surface area contributed by atoms with Gasteiger partial charge in [-0.25, -0.2) is 18.3 Å². The third kappa shape index (κ3) is 13.7. The molecule has 410 valence electrons. The smallest absolute Gasteiger partial charge is 0.201 e. The van der Waals surface area contributed by atoms with Gasteiger partial charge in [0.15, 0.2) is 24.8 Å². The van der Waals surface area contributed by atoms with Crippen molar-refractivity contribution in [2.24, 2.45) is 28.2 Å². The highest BCUT2D eigenvalue weighted by atomic mass is 14.9. The molecule has 0 amide bonds. The molecule has 4 heteroatoms. The highest BCUT2D eigenvalue weighted by Crippen LogP contribution is 2.40. The van der Waals surface area contributed by atoms with E-state index in [1.165, 1.54) is 144 Å². The van der Waals surface area contributed by atoms with Crippen molar-refractivity contribution in [1.29, 1.82) is 0 Å². The van der Waals surface area contributed by atoms with Crippen molar-refractivity contribution in [2.45, 2.75) is 175 Å². The summed E-state index contributed by atoms with van der Waals surface area (Å²) in [5.41, 5.74) is 23.8. The summed E-state index contributed by atoms with van der Waals surface area (Å²) in [4.78, 5) is 0. The number of aromatic nitrogens is 4. The Labute approximate surface area is 482 Å². The van der Waals surface area contributed by atoms with Gasteiger partial charge in [-0.15, -0.1) is 0 Å². The molecule has 8 aromatic rings. The average molecular weight is 1060 g/mol. The molecule has 4 saturated carbocycles. The lowest BCUT2D eigenvalue weighted by Gasteiger charge is -2.14. The Balaban J connectivity index is 0.000000134. The van der Waals surface area contributed by atoms with E-state index in [-0.39, 0.29) is 0 Å². The van der Waals surface area contributed by atoms with Crippen LogP contribution in [0, 0.1) is 48.4 Å². The van der Waals surface area contributed by atoms with Crippen LogP contribution in [0.15, 0.2) is 152 Å². The third-order valence-corrected chi connectivity index (χ3v) is 18.2. The minimum Gasteiger partial charge on any atom is -0.201 e. The Bertz CT molecular complexity index is 3520. The van der Waals surface area contributed by atoms with Gasteiger partial charge in [-0.05, 0) is 193 Å². The maximum atomic E-state index is 8.87. The monoisotopic (exact) mass is 1050 g/mol. The van der Waals surface area contributed by atoms with Crippen LogP contribution in [0.1, 0.15) is 193 Å². The summed E-state index contributed by atoms with van der Waals surface area (Å²) >= 11 is 0. The highest BCUT2D eigenvalue weighted by molar-refractivity contribution is 5.64. The zero-order valence-electron chi connectivity index (χ0n) is 53.8. The van der Waals surface area contributed by atoms with Crippen LogP contribution < -0.4 is 18.3 Å². The summed E-state index contributed by atoms with van der Waals surface area (Å²) in [5, 5.41) is 0. The van der Waals surface area contributed by atoms with Gasteiger partial charge in [0.05, 0.1) is 0 Å². The molecule has 4 fully saturated rings. The molecule has 12 rings (SSSR count). The van der Waals surface area contributed by atoms with E-state index < -0.39 is 12.7 Å². The normalized spacial score (nSPS) is 17.1. The predicted molar refractivity (Wildman–Crippen MR) is 330 cm³/mol. The van der Waals surface area contributed by atoms with Crippen LogP contribution in [-0.4, -0.2) is 0 Å². The van der Waals surface area contributed by atoms with Gasteiger partial charge in [-0.1, -0.05) is 124 Å². The van der Waals surface area contributed by atoms with Crippen LogP contribution in [0.5, 0.6) is 0 Å². The fourth-order valence-electron chi connectivity index (χ4n) is 13.6. The lowest BCUT2D eigenvalue weighted by molar-refractivity contribution is -0.661. The molecule has 4 aromatic heterocycles. The fourth-order valence-corrected chi connectivity index (χ4v) is 13.6. The fraction of sp³-hybridized carbons (Fsp3) is 0.413. The van der Waals surface area contributed by atoms with Crippen LogP contribution in [0.4, 0.5) is 0 Å². The number of aryl methyl sites for hydroxylation is 11. The van der Waals surface area contributed by atoms with Crippen molar-refractivity contribution >= 4 is 0 Å². The van der Waals surface area contributed by atoms with Crippen LogP contribution in [0.3, 0.4) is 0 Å². The first kappa shape index (κ1) is 51.9. The van der Waals surface area contributed by atoms with Gasteiger partial charge in [-0.3, -0.25) is 0 Å². The Kier molecular flexibility index (Phi) is 17.5. The third-order valence-electron chi connectivity index (χ3n) is 18.2. The maximum absolute atomic E-state index is 8.87. The van der Waals surface area contributed by atoms with Crippen molar-refractivity contribution in [3.05, 3.63) is 213 Å². The van der Waals surface area contributed by atoms with Crippen molar-refractivity contribution < 1.29 is 23.8 Å². The van der Waals surface area contributed by atoms with Gasteiger partial charge in [0, 0.05) is 74.3 Å². The van der Waals surface area contributed by atoms with Gasteiger partial charge in [0.25, 0.3) is 0 Å². The number of hydrogen-bond donors (Lipinski definition) is 0. The molecule has 0 unspecified atom stereocenters. The molecule has 79 heavy (non-hydrogen) atoms. The van der Waals surface area contributed by atoms with Crippen LogP contribution in [0.2, 0.25) is 0 Å². The second-order valence-electron chi connectivity index (χ2n) is 23.9. The molecule has 0 spiro atoms. The van der Waals surface area contributed by atoms with Gasteiger partial charge in [-0.2, -0.15) is 0 Å². The van der Waals surface area contributed by atoms with Crippen molar-refractivity contribution in [1.82, 2.24) is 0 Å². The van der Waals surface area contributed by atoms with E-state index >= 15 is 0 Å². The van der Waals surface area contributed by atoms with Crippen LogP contribution in [-0.2, 0) is 28.2 Å². The first-order chi connectivity index (χ1) is 39.8. The van der Waals surface area contributed by atoms with Crippen LogP contribution in [0.25, 0.3) is 45.0 Å². The average Bonchev–Trinajstić information content (AvgIpc) is 4.06. The predicted octanol–water partition coefficient (Wildman–Crippen LogP) is 17.5. The zero-order chi connectivity index (χ0) is 59.0. The van der Waals surface area contributed by atoms with E-state index in [1.54, 1.807) is 17.3 Å². The molecule has 4 nitrogen and oxygen atoms in total. The Morgan fingerprint density at radius 2 is 0.696 bits per heavy atom. The second-order valence-corrected chi connectivity index (χ2v) is 23.9. The molecular weight excluding hydrogens is 957 g/mol. The molecule has 4 aromatic carbocycles. The summed E-state index contributed by atoms with van der Waals surface area (Å²) in [5.74, 6) is 1.57. The SMILES string of the molecule is Cc1ccccc1-c1cc(C)c(C2CCCC2)c[n+]1C.Cc1ccccc1-c1cc(C2CCCC2)c(C)c[n+]1C.Cc1ccccc1-c1ccc(C2CCCC2)c[n+]1C.[2H]C([2H])([2H])c1c[n+](C)c(-c2ccccc2C)cc1C1([2H])CCCC1. The molecule has 0 atom stereocenters. The van der Waals surface area contributed by atoms with Crippen LogP contribution >= 0.6 is 0 Å². The Morgan fingerprint density at radius 3 is 1.15 bits per heavy atom. The first-order valence-electron chi connectivity index (χ1n) is 32.1. The summed E-state index contributed by atoms with van der Waals surface area (Å²) in [7, 11) is 8.39. The van der Waals surface area contributed by atoms with Crippen molar-refractivity contribution in [3.8, 4) is 45.0 Å². The lowest BCUT2D eigenvalue weighted by Crippen LogP contribution is -2.32. The van der Waals surface area contributed by atoms with Gasteiger partial charge < -0.3 is 0 Å². The number of pyridine rings is 4. The molecule has 0 saturated heterocycles. The summed E-state index contributed by atoms with van der Waals surface area (Å²) in [6.45, 7) is 11.0. The number of nitrogens with zero attached hydrogens (tertiary/aromatic N) is 4. The van der Waals surface area contributed by atoms with E-state index in [0.29, 0.717) is 11.1 Å². The van der Waals surface area contributed by atoms with Gasteiger partial charge in [0.2, 0.25) is 22.8 Å².